The second kappa shape index (κ2) is 3.71. The molecule has 0 saturated carbocycles. The van der Waals surface area contributed by atoms with Gasteiger partial charge < -0.3 is 5.32 Å². The first-order chi connectivity index (χ1) is 7.75. The fourth-order valence-corrected chi connectivity index (χ4v) is 2.60. The summed E-state index contributed by atoms with van der Waals surface area (Å²) in [5.74, 6) is 1.14. The van der Waals surface area contributed by atoms with Crippen molar-refractivity contribution >= 4 is 17.4 Å². The van der Waals surface area contributed by atoms with E-state index in [1.165, 1.54) is 0 Å². The van der Waals surface area contributed by atoms with Crippen LogP contribution in [0.2, 0.25) is 5.15 Å². The third-order valence-electron chi connectivity index (χ3n) is 3.05. The minimum Gasteiger partial charge on any atom is -0.316 e. The summed E-state index contributed by atoms with van der Waals surface area (Å²) in [6.07, 6.45) is 4.98. The highest BCUT2D eigenvalue weighted by Crippen LogP contribution is 2.29. The van der Waals surface area contributed by atoms with Crippen LogP contribution in [0.5, 0.6) is 0 Å². The van der Waals surface area contributed by atoms with Gasteiger partial charge in [0.15, 0.2) is 5.15 Å². The van der Waals surface area contributed by atoms with Crippen molar-refractivity contribution in [3.05, 3.63) is 28.8 Å². The molecule has 16 heavy (non-hydrogen) atoms. The minimum absolute atomic E-state index is 0.450. The van der Waals surface area contributed by atoms with Gasteiger partial charge in [-0.2, -0.15) is 4.98 Å². The average Bonchev–Trinajstić information content (AvgIpc) is 2.83. The largest absolute Gasteiger partial charge is 0.316 e. The first-order valence-electron chi connectivity index (χ1n) is 5.46. The molecule has 4 nitrogen and oxygen atoms in total. The summed E-state index contributed by atoms with van der Waals surface area (Å²) in [5, 5.41) is 3.94. The fraction of sp³-hybridized carbons (Fsp3) is 0.455. The Morgan fingerprint density at radius 2 is 2.44 bits per heavy atom. The molecule has 1 aliphatic heterocycles. The number of rotatable bonds is 1. The Labute approximate surface area is 98.7 Å². The molecule has 1 atom stereocenters. The standard InChI is InChI=1S/C11H13ClN4/c1-7-4-14-11-15-10(12)9(16(11)6-7)8-2-3-13-5-8/h4,6,8,13H,2-3,5H2,1H3. The van der Waals surface area contributed by atoms with Gasteiger partial charge in [0, 0.05) is 24.9 Å². The molecular formula is C11H13ClN4. The van der Waals surface area contributed by atoms with E-state index in [1.807, 2.05) is 17.5 Å². The molecule has 1 N–H and O–H groups in total. The summed E-state index contributed by atoms with van der Waals surface area (Å²) < 4.78 is 2.02. The quantitative estimate of drug-likeness (QED) is 0.821. The maximum Gasteiger partial charge on any atom is 0.235 e. The zero-order valence-corrected chi connectivity index (χ0v) is 9.83. The summed E-state index contributed by atoms with van der Waals surface area (Å²) in [4.78, 5) is 8.57. The highest BCUT2D eigenvalue weighted by molar-refractivity contribution is 6.30. The number of nitrogens with zero attached hydrogens (tertiary/aromatic N) is 3. The van der Waals surface area contributed by atoms with Crippen molar-refractivity contribution in [2.45, 2.75) is 19.3 Å². The van der Waals surface area contributed by atoms with E-state index in [0.29, 0.717) is 16.8 Å². The van der Waals surface area contributed by atoms with Gasteiger partial charge in [0.2, 0.25) is 5.78 Å². The maximum atomic E-state index is 6.20. The number of fused-ring (bicyclic) bond motifs is 1. The van der Waals surface area contributed by atoms with Gasteiger partial charge in [-0.15, -0.1) is 0 Å². The zero-order valence-electron chi connectivity index (χ0n) is 9.07. The van der Waals surface area contributed by atoms with Crippen molar-refractivity contribution < 1.29 is 0 Å². The first-order valence-corrected chi connectivity index (χ1v) is 5.84. The van der Waals surface area contributed by atoms with E-state index >= 15 is 0 Å². The molecule has 2 aromatic heterocycles. The maximum absolute atomic E-state index is 6.20. The predicted molar refractivity (Wildman–Crippen MR) is 63.0 cm³/mol. The van der Waals surface area contributed by atoms with E-state index in [4.69, 9.17) is 11.6 Å². The molecule has 1 unspecified atom stereocenters. The Hall–Kier alpha value is -1.13. The molecule has 0 amide bonds. The number of hydrogen-bond donors (Lipinski definition) is 1. The monoisotopic (exact) mass is 236 g/mol. The molecule has 0 radical (unpaired) electrons. The number of aryl methyl sites for hydroxylation is 1. The van der Waals surface area contributed by atoms with Crippen LogP contribution in [-0.2, 0) is 0 Å². The highest BCUT2D eigenvalue weighted by Gasteiger charge is 2.24. The minimum atomic E-state index is 0.450. The topological polar surface area (TPSA) is 42.2 Å². The lowest BCUT2D eigenvalue weighted by molar-refractivity contribution is 0.724. The molecule has 0 bridgehead atoms. The van der Waals surface area contributed by atoms with Gasteiger partial charge >= 0.3 is 0 Å². The summed E-state index contributed by atoms with van der Waals surface area (Å²) in [7, 11) is 0. The van der Waals surface area contributed by atoms with Crippen LogP contribution in [0.15, 0.2) is 12.4 Å². The second-order valence-corrected chi connectivity index (χ2v) is 4.64. The van der Waals surface area contributed by atoms with Crippen molar-refractivity contribution in [2.75, 3.05) is 13.1 Å². The normalized spacial score (nSPS) is 20.8. The number of hydrogen-bond acceptors (Lipinski definition) is 3. The third-order valence-corrected chi connectivity index (χ3v) is 3.33. The van der Waals surface area contributed by atoms with Gasteiger partial charge in [-0.1, -0.05) is 11.6 Å². The molecule has 1 fully saturated rings. The average molecular weight is 237 g/mol. The van der Waals surface area contributed by atoms with E-state index in [1.54, 1.807) is 0 Å². The van der Waals surface area contributed by atoms with E-state index in [9.17, 15) is 0 Å². The van der Waals surface area contributed by atoms with Gasteiger partial charge in [0.1, 0.15) is 0 Å². The van der Waals surface area contributed by atoms with Crippen LogP contribution in [0.25, 0.3) is 5.78 Å². The third kappa shape index (κ3) is 1.49. The Balaban J connectivity index is 2.20. The van der Waals surface area contributed by atoms with Crippen LogP contribution in [-0.4, -0.2) is 27.5 Å². The molecule has 3 rings (SSSR count). The molecule has 5 heteroatoms. The van der Waals surface area contributed by atoms with E-state index in [2.05, 4.69) is 21.5 Å². The highest BCUT2D eigenvalue weighted by atomic mass is 35.5. The van der Waals surface area contributed by atoms with Crippen molar-refractivity contribution in [1.29, 1.82) is 0 Å². The number of halogens is 1. The molecule has 2 aromatic rings. The number of nitrogens with one attached hydrogen (secondary N) is 1. The van der Waals surface area contributed by atoms with Crippen molar-refractivity contribution in [2.24, 2.45) is 0 Å². The Morgan fingerprint density at radius 1 is 1.56 bits per heavy atom. The van der Waals surface area contributed by atoms with Crippen LogP contribution < -0.4 is 5.32 Å². The van der Waals surface area contributed by atoms with Gasteiger partial charge in [-0.25, -0.2) is 4.98 Å². The Bertz CT molecular complexity index is 528. The van der Waals surface area contributed by atoms with Gasteiger partial charge in [-0.3, -0.25) is 4.40 Å². The van der Waals surface area contributed by atoms with E-state index in [0.717, 1.165) is 30.8 Å². The van der Waals surface area contributed by atoms with Crippen LogP contribution in [0.1, 0.15) is 23.6 Å². The summed E-state index contributed by atoms with van der Waals surface area (Å²) in [5.41, 5.74) is 2.21. The second-order valence-electron chi connectivity index (χ2n) is 4.28. The SMILES string of the molecule is Cc1cnc2nc(Cl)c(C3CCNC3)n2c1. The first kappa shape index (κ1) is 10.1. The lowest BCUT2D eigenvalue weighted by Gasteiger charge is -2.08. The molecule has 1 saturated heterocycles. The molecule has 1 aliphatic rings. The molecule has 84 valence electrons. The Kier molecular flexibility index (Phi) is 2.33. The lowest BCUT2D eigenvalue weighted by Crippen LogP contribution is -2.09. The molecule has 0 aliphatic carbocycles. The lowest BCUT2D eigenvalue weighted by atomic mass is 10.1. The van der Waals surface area contributed by atoms with Crippen molar-refractivity contribution in [1.82, 2.24) is 19.7 Å². The van der Waals surface area contributed by atoms with Gasteiger partial charge in [0.25, 0.3) is 0 Å². The van der Waals surface area contributed by atoms with E-state index < -0.39 is 0 Å². The van der Waals surface area contributed by atoms with Crippen molar-refractivity contribution in [3.63, 3.8) is 0 Å². The van der Waals surface area contributed by atoms with Crippen LogP contribution >= 0.6 is 11.6 Å². The van der Waals surface area contributed by atoms with Gasteiger partial charge in [-0.05, 0) is 25.5 Å². The summed E-state index contributed by atoms with van der Waals surface area (Å²) >= 11 is 6.20. The molecule has 0 spiro atoms. The predicted octanol–water partition coefficient (Wildman–Crippen LogP) is 1.77. The summed E-state index contributed by atoms with van der Waals surface area (Å²) in [6, 6.07) is 0. The zero-order chi connectivity index (χ0) is 11.1. The van der Waals surface area contributed by atoms with E-state index in [-0.39, 0.29) is 0 Å². The molecule has 0 aromatic carbocycles. The van der Waals surface area contributed by atoms with Crippen molar-refractivity contribution in [3.8, 4) is 0 Å². The van der Waals surface area contributed by atoms with Crippen LogP contribution in [0.4, 0.5) is 0 Å². The van der Waals surface area contributed by atoms with Crippen LogP contribution in [0.3, 0.4) is 0 Å². The fourth-order valence-electron chi connectivity index (χ4n) is 2.27. The molecular weight excluding hydrogens is 224 g/mol. The summed E-state index contributed by atoms with van der Waals surface area (Å²) in [6.45, 7) is 4.05. The number of aromatic nitrogens is 3. The number of imidazole rings is 1. The Morgan fingerprint density at radius 3 is 3.19 bits per heavy atom. The van der Waals surface area contributed by atoms with Crippen LogP contribution in [0, 0.1) is 6.92 Å². The molecule has 3 heterocycles. The van der Waals surface area contributed by atoms with Gasteiger partial charge in [0.05, 0.1) is 5.69 Å². The smallest absolute Gasteiger partial charge is 0.235 e.